The lowest BCUT2D eigenvalue weighted by Crippen LogP contribution is -2.20. The van der Waals surface area contributed by atoms with Gasteiger partial charge in [-0.05, 0) is 31.5 Å². The fourth-order valence-corrected chi connectivity index (χ4v) is 3.44. The maximum absolute atomic E-state index is 13.1. The highest BCUT2D eigenvalue weighted by Crippen LogP contribution is 2.18. The van der Waals surface area contributed by atoms with E-state index in [-0.39, 0.29) is 16.8 Å². The van der Waals surface area contributed by atoms with Crippen LogP contribution in [0.3, 0.4) is 0 Å². The lowest BCUT2D eigenvalue weighted by atomic mass is 10.0. The van der Waals surface area contributed by atoms with Gasteiger partial charge in [0.2, 0.25) is 5.43 Å². The fraction of sp³-hybridized carbons (Fsp3) is 0.120. The molecule has 1 aromatic heterocycles. The van der Waals surface area contributed by atoms with E-state index in [1.54, 1.807) is 18.3 Å². The summed E-state index contributed by atoms with van der Waals surface area (Å²) in [5.41, 5.74) is 4.66. The van der Waals surface area contributed by atoms with Gasteiger partial charge in [0.05, 0.1) is 11.1 Å². The topological polar surface area (TPSA) is 39.1 Å². The van der Waals surface area contributed by atoms with E-state index in [1.165, 1.54) is 5.56 Å². The highest BCUT2D eigenvalue weighted by atomic mass is 16.1. The van der Waals surface area contributed by atoms with Gasteiger partial charge in [-0.15, -0.1) is 0 Å². The molecule has 3 nitrogen and oxygen atoms in total. The number of carbonyl (C=O) groups excluding carboxylic acids is 1. The molecule has 4 rings (SSSR count). The van der Waals surface area contributed by atoms with Crippen molar-refractivity contribution < 1.29 is 4.79 Å². The third-order valence-corrected chi connectivity index (χ3v) is 4.99. The summed E-state index contributed by atoms with van der Waals surface area (Å²) < 4.78 is 2.00. The number of carbonyl (C=O) groups is 1. The molecule has 0 aliphatic heterocycles. The Balaban J connectivity index is 1.91. The van der Waals surface area contributed by atoms with E-state index in [1.807, 2.05) is 47.9 Å². The number of aromatic nitrogens is 1. The zero-order valence-corrected chi connectivity index (χ0v) is 16.0. The minimum absolute atomic E-state index is 0.205. The first-order valence-corrected chi connectivity index (χ1v) is 9.32. The fourth-order valence-electron chi connectivity index (χ4n) is 3.44. The van der Waals surface area contributed by atoms with E-state index in [9.17, 15) is 9.59 Å². The number of hydrogen-bond acceptors (Lipinski definition) is 2. The Morgan fingerprint density at radius 2 is 1.54 bits per heavy atom. The van der Waals surface area contributed by atoms with E-state index >= 15 is 0 Å². The van der Waals surface area contributed by atoms with Crippen molar-refractivity contribution in [2.75, 3.05) is 0 Å². The number of hydrogen-bond donors (Lipinski definition) is 0. The second kappa shape index (κ2) is 7.28. The molecule has 3 aromatic carbocycles. The zero-order chi connectivity index (χ0) is 19.7. The molecule has 0 N–H and O–H groups in total. The molecular weight excluding hydrogens is 346 g/mol. The van der Waals surface area contributed by atoms with Crippen molar-refractivity contribution in [2.24, 2.45) is 0 Å². The number of nitrogens with zero attached hydrogens (tertiary/aromatic N) is 1. The summed E-state index contributed by atoms with van der Waals surface area (Å²) in [6.45, 7) is 4.60. The Kier molecular flexibility index (Phi) is 4.66. The smallest absolute Gasteiger partial charge is 0.200 e. The van der Waals surface area contributed by atoms with E-state index in [0.717, 1.165) is 16.6 Å². The van der Waals surface area contributed by atoms with Gasteiger partial charge in [0.1, 0.15) is 0 Å². The van der Waals surface area contributed by atoms with Crippen LogP contribution in [-0.2, 0) is 6.54 Å². The second-order valence-electron chi connectivity index (χ2n) is 7.20. The predicted octanol–water partition coefficient (Wildman–Crippen LogP) is 4.90. The minimum atomic E-state index is -0.244. The molecule has 4 aromatic rings. The summed E-state index contributed by atoms with van der Waals surface area (Å²) in [6.07, 6.45) is 1.70. The van der Waals surface area contributed by atoms with Gasteiger partial charge in [0.25, 0.3) is 0 Å². The largest absolute Gasteiger partial charge is 0.342 e. The van der Waals surface area contributed by atoms with Crippen LogP contribution >= 0.6 is 0 Å². The normalized spacial score (nSPS) is 10.9. The molecule has 0 unspecified atom stereocenters. The van der Waals surface area contributed by atoms with Crippen LogP contribution in [0.5, 0.6) is 0 Å². The van der Waals surface area contributed by atoms with Crippen molar-refractivity contribution in [3.05, 3.63) is 117 Å². The van der Waals surface area contributed by atoms with Crippen LogP contribution in [0.15, 0.2) is 83.8 Å². The van der Waals surface area contributed by atoms with Crippen LogP contribution < -0.4 is 5.43 Å². The minimum Gasteiger partial charge on any atom is -0.342 e. The highest BCUT2D eigenvalue weighted by molar-refractivity contribution is 6.10. The van der Waals surface area contributed by atoms with Crippen LogP contribution in [0.2, 0.25) is 0 Å². The molecule has 0 spiro atoms. The Hall–Kier alpha value is -3.46. The lowest BCUT2D eigenvalue weighted by Gasteiger charge is -2.14. The van der Waals surface area contributed by atoms with Gasteiger partial charge in [0.15, 0.2) is 5.78 Å². The molecular formula is C25H21NO2. The first-order chi connectivity index (χ1) is 13.5. The van der Waals surface area contributed by atoms with Crippen molar-refractivity contribution in [1.29, 1.82) is 0 Å². The number of benzene rings is 3. The summed E-state index contributed by atoms with van der Waals surface area (Å²) in [7, 11) is 0. The first-order valence-electron chi connectivity index (χ1n) is 9.32. The Labute approximate surface area is 163 Å². The van der Waals surface area contributed by atoms with Crippen LogP contribution in [0.1, 0.15) is 32.6 Å². The van der Waals surface area contributed by atoms with Crippen molar-refractivity contribution in [2.45, 2.75) is 20.4 Å². The van der Waals surface area contributed by atoms with Gasteiger partial charge in [0, 0.05) is 23.7 Å². The average Bonchev–Trinajstić information content (AvgIpc) is 2.72. The molecule has 28 heavy (non-hydrogen) atoms. The molecule has 0 amide bonds. The summed E-state index contributed by atoms with van der Waals surface area (Å²) in [5.74, 6) is -0.244. The molecule has 0 bridgehead atoms. The molecule has 0 aliphatic rings. The number of aryl methyl sites for hydroxylation is 2. The van der Waals surface area contributed by atoms with Gasteiger partial charge < -0.3 is 4.57 Å². The number of pyridine rings is 1. The van der Waals surface area contributed by atoms with Gasteiger partial charge in [-0.2, -0.15) is 0 Å². The van der Waals surface area contributed by atoms with Crippen LogP contribution in [0.4, 0.5) is 0 Å². The van der Waals surface area contributed by atoms with Gasteiger partial charge in [-0.1, -0.05) is 71.8 Å². The maximum atomic E-state index is 13.1. The van der Waals surface area contributed by atoms with Gasteiger partial charge in [-0.3, -0.25) is 9.59 Å². The molecule has 0 atom stereocenters. The predicted molar refractivity (Wildman–Crippen MR) is 113 cm³/mol. The van der Waals surface area contributed by atoms with E-state index in [0.29, 0.717) is 17.5 Å². The van der Waals surface area contributed by atoms with Gasteiger partial charge in [-0.25, -0.2) is 0 Å². The van der Waals surface area contributed by atoms with E-state index in [4.69, 9.17) is 0 Å². The molecule has 0 aliphatic carbocycles. The molecule has 0 radical (unpaired) electrons. The van der Waals surface area contributed by atoms with Crippen molar-refractivity contribution in [1.82, 2.24) is 4.57 Å². The van der Waals surface area contributed by atoms with Crippen molar-refractivity contribution in [3.63, 3.8) is 0 Å². The first kappa shape index (κ1) is 17.9. The van der Waals surface area contributed by atoms with Crippen LogP contribution in [0, 0.1) is 13.8 Å². The highest BCUT2D eigenvalue weighted by Gasteiger charge is 2.17. The monoisotopic (exact) mass is 367 g/mol. The quantitative estimate of drug-likeness (QED) is 0.481. The summed E-state index contributed by atoms with van der Waals surface area (Å²) in [4.78, 5) is 26.1. The lowest BCUT2D eigenvalue weighted by molar-refractivity contribution is 0.103. The number of ketones is 1. The van der Waals surface area contributed by atoms with Crippen LogP contribution in [0.25, 0.3) is 10.9 Å². The maximum Gasteiger partial charge on any atom is 0.200 e. The third-order valence-electron chi connectivity index (χ3n) is 4.99. The summed E-state index contributed by atoms with van der Waals surface area (Å²) in [5, 5.41) is 0.578. The average molecular weight is 367 g/mol. The molecule has 138 valence electrons. The Morgan fingerprint density at radius 3 is 2.25 bits per heavy atom. The SMILES string of the molecule is Cc1ccc(Cn2cc(C(=O)c3ccccc3)c(=O)c3cc(C)ccc32)cc1. The molecule has 0 fully saturated rings. The molecule has 0 saturated carbocycles. The van der Waals surface area contributed by atoms with E-state index in [2.05, 4.69) is 31.2 Å². The molecule has 3 heteroatoms. The Morgan fingerprint density at radius 1 is 0.857 bits per heavy atom. The van der Waals surface area contributed by atoms with Crippen LogP contribution in [-0.4, -0.2) is 10.4 Å². The summed E-state index contributed by atoms with van der Waals surface area (Å²) in [6, 6.07) is 23.1. The van der Waals surface area contributed by atoms with Crippen molar-refractivity contribution in [3.8, 4) is 0 Å². The third kappa shape index (κ3) is 3.39. The zero-order valence-electron chi connectivity index (χ0n) is 16.0. The molecule has 1 heterocycles. The van der Waals surface area contributed by atoms with Gasteiger partial charge >= 0.3 is 0 Å². The molecule has 0 saturated heterocycles. The Bertz CT molecular complexity index is 1220. The number of rotatable bonds is 4. The summed E-state index contributed by atoms with van der Waals surface area (Å²) >= 11 is 0. The van der Waals surface area contributed by atoms with E-state index < -0.39 is 0 Å². The number of fused-ring (bicyclic) bond motifs is 1. The van der Waals surface area contributed by atoms with Crippen molar-refractivity contribution >= 4 is 16.7 Å². The second-order valence-corrected chi connectivity index (χ2v) is 7.20. The standard InChI is InChI=1S/C25H21NO2/c1-17-8-11-19(12-9-17)15-26-16-22(24(27)20-6-4-3-5-7-20)25(28)21-14-18(2)10-13-23(21)26/h3-14,16H,15H2,1-2H3.